The maximum atomic E-state index is 12.2. The fourth-order valence-electron chi connectivity index (χ4n) is 1.56. The monoisotopic (exact) mass is 351 g/mol. The molecule has 2 aromatic rings. The number of nitrogens with two attached hydrogens (primary N) is 1. The van der Waals surface area contributed by atoms with Crippen molar-refractivity contribution in [3.63, 3.8) is 0 Å². The molecule has 5 nitrogen and oxygen atoms in total. The number of halogens is 1. The van der Waals surface area contributed by atoms with Gasteiger partial charge >= 0.3 is 0 Å². The predicted molar refractivity (Wildman–Crippen MR) is 80.5 cm³/mol. The van der Waals surface area contributed by atoms with Crippen LogP contribution < -0.4 is 10.5 Å². The number of hydrogen-bond donors (Lipinski definition) is 2. The molecule has 0 aliphatic rings. The largest absolute Gasteiger partial charge is 0.397 e. The van der Waals surface area contributed by atoms with Crippen molar-refractivity contribution < 1.29 is 8.42 Å². The van der Waals surface area contributed by atoms with E-state index < -0.39 is 10.0 Å². The third-order valence-electron chi connectivity index (χ3n) is 2.53. The Morgan fingerprint density at radius 2 is 1.95 bits per heavy atom. The van der Waals surface area contributed by atoms with Crippen molar-refractivity contribution in [1.29, 1.82) is 5.26 Å². The van der Waals surface area contributed by atoms with Crippen LogP contribution in [0.5, 0.6) is 0 Å². The van der Waals surface area contributed by atoms with Gasteiger partial charge in [0.1, 0.15) is 0 Å². The molecule has 0 aliphatic heterocycles. The lowest BCUT2D eigenvalue weighted by molar-refractivity contribution is 0.601. The van der Waals surface area contributed by atoms with E-state index in [1.807, 2.05) is 6.07 Å². The standard InChI is InChI=1S/C13H10BrN3O2S/c14-10-4-5-13(12(16)7-10)17-20(18,19)11-3-1-2-9(6-11)8-15/h1-7,17H,16H2. The van der Waals surface area contributed by atoms with Crippen LogP contribution >= 0.6 is 15.9 Å². The van der Waals surface area contributed by atoms with Gasteiger partial charge in [0.25, 0.3) is 10.0 Å². The zero-order chi connectivity index (χ0) is 14.8. The Bertz CT molecular complexity index is 798. The zero-order valence-electron chi connectivity index (χ0n) is 10.2. The zero-order valence-corrected chi connectivity index (χ0v) is 12.6. The second kappa shape index (κ2) is 5.53. The first-order valence-corrected chi connectivity index (χ1v) is 7.78. The Hall–Kier alpha value is -2.04. The van der Waals surface area contributed by atoms with Crippen LogP contribution in [0, 0.1) is 11.3 Å². The summed E-state index contributed by atoms with van der Waals surface area (Å²) in [6, 6.07) is 12.5. The highest BCUT2D eigenvalue weighted by Gasteiger charge is 2.16. The number of sulfonamides is 1. The van der Waals surface area contributed by atoms with Crippen molar-refractivity contribution >= 4 is 37.3 Å². The van der Waals surface area contributed by atoms with Gasteiger partial charge in [0.15, 0.2) is 0 Å². The first kappa shape index (κ1) is 14.4. The Labute approximate surface area is 125 Å². The molecule has 0 aliphatic carbocycles. The molecule has 0 spiro atoms. The average Bonchev–Trinajstić information content (AvgIpc) is 2.42. The van der Waals surface area contributed by atoms with Gasteiger partial charge in [0.2, 0.25) is 0 Å². The van der Waals surface area contributed by atoms with E-state index in [0.717, 1.165) is 4.47 Å². The third kappa shape index (κ3) is 3.10. The Balaban J connectivity index is 2.38. The van der Waals surface area contributed by atoms with Crippen molar-refractivity contribution in [2.24, 2.45) is 0 Å². The summed E-state index contributed by atoms with van der Waals surface area (Å²) in [5.74, 6) is 0. The van der Waals surface area contributed by atoms with Gasteiger partial charge in [-0.2, -0.15) is 5.26 Å². The number of nitrogens with one attached hydrogen (secondary N) is 1. The summed E-state index contributed by atoms with van der Waals surface area (Å²) in [7, 11) is -3.78. The number of nitrogens with zero attached hydrogens (tertiary/aromatic N) is 1. The second-order valence-corrected chi connectivity index (χ2v) is 6.57. The molecule has 0 heterocycles. The topological polar surface area (TPSA) is 96.0 Å². The first-order chi connectivity index (χ1) is 9.42. The molecule has 0 atom stereocenters. The van der Waals surface area contributed by atoms with Crippen LogP contribution in [-0.4, -0.2) is 8.42 Å². The fraction of sp³-hybridized carbons (Fsp3) is 0. The van der Waals surface area contributed by atoms with Crippen LogP contribution in [0.1, 0.15) is 5.56 Å². The summed E-state index contributed by atoms with van der Waals surface area (Å²) in [5, 5.41) is 8.80. The molecule has 102 valence electrons. The predicted octanol–water partition coefficient (Wildman–Crippen LogP) is 2.70. The van der Waals surface area contributed by atoms with Crippen molar-refractivity contribution in [1.82, 2.24) is 0 Å². The molecule has 0 fully saturated rings. The Morgan fingerprint density at radius 1 is 1.20 bits per heavy atom. The Kier molecular flexibility index (Phi) is 3.97. The lowest BCUT2D eigenvalue weighted by Gasteiger charge is -2.10. The summed E-state index contributed by atoms with van der Waals surface area (Å²) in [5.41, 5.74) is 6.62. The SMILES string of the molecule is N#Cc1cccc(S(=O)(=O)Nc2ccc(Br)cc2N)c1. The molecule has 2 rings (SSSR count). The van der Waals surface area contributed by atoms with Gasteiger partial charge in [-0.05, 0) is 36.4 Å². The molecule has 0 aromatic heterocycles. The van der Waals surface area contributed by atoms with E-state index in [1.165, 1.54) is 24.3 Å². The van der Waals surface area contributed by atoms with E-state index in [4.69, 9.17) is 11.0 Å². The summed E-state index contributed by atoms with van der Waals surface area (Å²) in [6.07, 6.45) is 0. The van der Waals surface area contributed by atoms with Gasteiger partial charge in [-0.25, -0.2) is 8.42 Å². The van der Waals surface area contributed by atoms with Crippen LogP contribution in [0.3, 0.4) is 0 Å². The molecule has 0 radical (unpaired) electrons. The van der Waals surface area contributed by atoms with Crippen molar-refractivity contribution in [3.8, 4) is 6.07 Å². The molecule has 0 unspecified atom stereocenters. The van der Waals surface area contributed by atoms with Crippen LogP contribution in [0.25, 0.3) is 0 Å². The van der Waals surface area contributed by atoms with E-state index in [9.17, 15) is 8.42 Å². The van der Waals surface area contributed by atoms with Gasteiger partial charge in [0, 0.05) is 4.47 Å². The molecule has 2 aromatic carbocycles. The molecule has 7 heteroatoms. The van der Waals surface area contributed by atoms with E-state index in [-0.39, 0.29) is 16.1 Å². The molecule has 0 amide bonds. The number of rotatable bonds is 3. The average molecular weight is 352 g/mol. The van der Waals surface area contributed by atoms with Gasteiger partial charge in [-0.3, -0.25) is 4.72 Å². The van der Waals surface area contributed by atoms with Crippen molar-refractivity contribution in [2.45, 2.75) is 4.90 Å². The molecule has 0 saturated carbocycles. The molecule has 0 bridgehead atoms. The summed E-state index contributed by atoms with van der Waals surface area (Å²) in [6.45, 7) is 0. The lowest BCUT2D eigenvalue weighted by Crippen LogP contribution is -2.14. The number of nitriles is 1. The highest BCUT2D eigenvalue weighted by Crippen LogP contribution is 2.25. The summed E-state index contributed by atoms with van der Waals surface area (Å²) < 4.78 is 27.6. The van der Waals surface area contributed by atoms with E-state index in [1.54, 1.807) is 18.2 Å². The van der Waals surface area contributed by atoms with Crippen LogP contribution in [-0.2, 0) is 10.0 Å². The molecule has 20 heavy (non-hydrogen) atoms. The van der Waals surface area contributed by atoms with Gasteiger partial charge in [-0.1, -0.05) is 22.0 Å². The minimum atomic E-state index is -3.78. The van der Waals surface area contributed by atoms with E-state index in [0.29, 0.717) is 5.69 Å². The normalized spacial score (nSPS) is 10.8. The molecule has 0 saturated heterocycles. The van der Waals surface area contributed by atoms with E-state index >= 15 is 0 Å². The quantitative estimate of drug-likeness (QED) is 0.830. The molecular formula is C13H10BrN3O2S. The number of anilines is 2. The maximum Gasteiger partial charge on any atom is 0.262 e. The minimum absolute atomic E-state index is 0.0128. The highest BCUT2D eigenvalue weighted by atomic mass is 79.9. The third-order valence-corrected chi connectivity index (χ3v) is 4.39. The van der Waals surface area contributed by atoms with Gasteiger partial charge in [-0.15, -0.1) is 0 Å². The van der Waals surface area contributed by atoms with Crippen molar-refractivity contribution in [2.75, 3.05) is 10.5 Å². The first-order valence-electron chi connectivity index (χ1n) is 5.50. The second-order valence-electron chi connectivity index (χ2n) is 3.98. The highest BCUT2D eigenvalue weighted by molar-refractivity contribution is 9.10. The van der Waals surface area contributed by atoms with Crippen LogP contribution in [0.4, 0.5) is 11.4 Å². The number of benzene rings is 2. The lowest BCUT2D eigenvalue weighted by atomic mass is 10.2. The molecule has 3 N–H and O–H groups in total. The van der Waals surface area contributed by atoms with Crippen LogP contribution in [0.2, 0.25) is 0 Å². The minimum Gasteiger partial charge on any atom is -0.397 e. The van der Waals surface area contributed by atoms with Gasteiger partial charge in [0.05, 0.1) is 27.9 Å². The maximum absolute atomic E-state index is 12.2. The fourth-order valence-corrected chi connectivity index (χ4v) is 3.07. The molecular weight excluding hydrogens is 342 g/mol. The van der Waals surface area contributed by atoms with E-state index in [2.05, 4.69) is 20.7 Å². The summed E-state index contributed by atoms with van der Waals surface area (Å²) in [4.78, 5) is 0.0128. The number of hydrogen-bond acceptors (Lipinski definition) is 4. The summed E-state index contributed by atoms with van der Waals surface area (Å²) >= 11 is 3.25. The van der Waals surface area contributed by atoms with Crippen LogP contribution in [0.15, 0.2) is 51.8 Å². The Morgan fingerprint density at radius 3 is 2.60 bits per heavy atom. The van der Waals surface area contributed by atoms with Gasteiger partial charge < -0.3 is 5.73 Å². The number of nitrogen functional groups attached to an aromatic ring is 1. The van der Waals surface area contributed by atoms with Crippen molar-refractivity contribution in [3.05, 3.63) is 52.5 Å². The smallest absolute Gasteiger partial charge is 0.262 e.